The molecule has 8 heteroatoms. The Hall–Kier alpha value is -3.10. The number of benzene rings is 3. The molecule has 190 valence electrons. The molecule has 6 nitrogen and oxygen atoms in total. The van der Waals surface area contributed by atoms with Crippen molar-refractivity contribution in [1.29, 1.82) is 0 Å². The summed E-state index contributed by atoms with van der Waals surface area (Å²) >= 11 is 8.77. The minimum atomic E-state index is -0.337. The van der Waals surface area contributed by atoms with Crippen LogP contribution in [0.25, 0.3) is 0 Å². The molecule has 0 aromatic heterocycles. The maximum atomic E-state index is 12.9. The average Bonchev–Trinajstić information content (AvgIpc) is 2.88. The third-order valence-corrected chi connectivity index (χ3v) is 5.84. The Morgan fingerprint density at radius 1 is 0.833 bits per heavy atom. The van der Waals surface area contributed by atoms with Crippen LogP contribution in [0.5, 0.6) is 17.2 Å². The number of anilines is 1. The molecule has 0 aliphatic rings. The zero-order valence-corrected chi connectivity index (χ0v) is 22.7. The quantitative estimate of drug-likeness (QED) is 0.170. The molecule has 0 saturated carbocycles. The van der Waals surface area contributed by atoms with E-state index in [1.54, 1.807) is 12.1 Å². The van der Waals surface area contributed by atoms with Gasteiger partial charge >= 0.3 is 0 Å². The Morgan fingerprint density at radius 2 is 1.53 bits per heavy atom. The van der Waals surface area contributed by atoms with Gasteiger partial charge in [-0.05, 0) is 73.2 Å². The van der Waals surface area contributed by atoms with Gasteiger partial charge < -0.3 is 19.5 Å². The van der Waals surface area contributed by atoms with E-state index in [4.69, 9.17) is 26.4 Å². The van der Waals surface area contributed by atoms with Crippen LogP contribution in [0, 0.1) is 0 Å². The number of ether oxygens (including phenoxy) is 3. The third kappa shape index (κ3) is 9.51. The Kier molecular flexibility index (Phi) is 11.5. The zero-order valence-electron chi connectivity index (χ0n) is 20.3. The molecule has 3 rings (SSSR count). The molecule has 0 bridgehead atoms. The predicted molar refractivity (Wildman–Crippen MR) is 151 cm³/mol. The van der Waals surface area contributed by atoms with E-state index in [1.807, 2.05) is 60.7 Å². The summed E-state index contributed by atoms with van der Waals surface area (Å²) < 4.78 is 18.0. The highest BCUT2D eigenvalue weighted by Gasteiger charge is 2.15. The Labute approximate surface area is 226 Å². The fraction of sp³-hybridized carbons (Fsp3) is 0.286. The van der Waals surface area contributed by atoms with Crippen molar-refractivity contribution >= 4 is 44.9 Å². The first kappa shape index (κ1) is 27.5. The van der Waals surface area contributed by atoms with Crippen molar-refractivity contribution in [1.82, 2.24) is 5.32 Å². The summed E-state index contributed by atoms with van der Waals surface area (Å²) in [7, 11) is 0. The SMILES string of the molecule is CCCCCCOc1ccc(Br)cc1C(=O)NC(=S)Nc1ccc(OCCOc2ccccc2)cc1. The third-order valence-electron chi connectivity index (χ3n) is 5.14. The molecule has 1 amide bonds. The first-order valence-corrected chi connectivity index (χ1v) is 13.2. The summed E-state index contributed by atoms with van der Waals surface area (Å²) in [5.41, 5.74) is 1.15. The number of para-hydroxylation sites is 1. The lowest BCUT2D eigenvalue weighted by atomic mass is 10.2. The van der Waals surface area contributed by atoms with Gasteiger partial charge in [0.2, 0.25) is 0 Å². The number of thiocarbonyl (C=S) groups is 1. The minimum Gasteiger partial charge on any atom is -0.493 e. The van der Waals surface area contributed by atoms with Gasteiger partial charge in [0.25, 0.3) is 5.91 Å². The van der Waals surface area contributed by atoms with Crippen molar-refractivity contribution in [2.45, 2.75) is 32.6 Å². The summed E-state index contributed by atoms with van der Waals surface area (Å²) in [6, 6.07) is 22.3. The van der Waals surface area contributed by atoms with E-state index in [-0.39, 0.29) is 11.0 Å². The lowest BCUT2D eigenvalue weighted by Crippen LogP contribution is -2.34. The van der Waals surface area contributed by atoms with Gasteiger partial charge in [0.1, 0.15) is 30.5 Å². The Morgan fingerprint density at radius 3 is 2.22 bits per heavy atom. The standard InChI is InChI=1S/C28H31BrN2O4S/c1-2-3-4-8-17-35-26-16-11-21(29)20-25(26)27(32)31-28(36)30-22-12-14-24(15-13-22)34-19-18-33-23-9-6-5-7-10-23/h5-7,9-16,20H,2-4,8,17-19H2,1H3,(H2,30,31,32,36). The van der Waals surface area contributed by atoms with Crippen LogP contribution in [0.1, 0.15) is 43.0 Å². The van der Waals surface area contributed by atoms with Gasteiger partial charge in [0.15, 0.2) is 5.11 Å². The van der Waals surface area contributed by atoms with Crippen LogP contribution in [-0.4, -0.2) is 30.8 Å². The molecule has 0 atom stereocenters. The van der Waals surface area contributed by atoms with Crippen LogP contribution >= 0.6 is 28.1 Å². The molecule has 0 heterocycles. The molecule has 0 unspecified atom stereocenters. The molecule has 3 aromatic carbocycles. The van der Waals surface area contributed by atoms with E-state index < -0.39 is 0 Å². The minimum absolute atomic E-state index is 0.193. The molecule has 0 aliphatic heterocycles. The topological polar surface area (TPSA) is 68.8 Å². The first-order chi connectivity index (χ1) is 17.5. The van der Waals surface area contributed by atoms with Gasteiger partial charge in [0.05, 0.1) is 12.2 Å². The van der Waals surface area contributed by atoms with Crippen LogP contribution < -0.4 is 24.8 Å². The lowest BCUT2D eigenvalue weighted by molar-refractivity contribution is 0.0973. The number of carbonyl (C=O) groups is 1. The van der Waals surface area contributed by atoms with Gasteiger partial charge in [-0.3, -0.25) is 10.1 Å². The number of hydrogen-bond acceptors (Lipinski definition) is 5. The van der Waals surface area contributed by atoms with E-state index >= 15 is 0 Å². The largest absolute Gasteiger partial charge is 0.493 e. The molecule has 36 heavy (non-hydrogen) atoms. The van der Waals surface area contributed by atoms with Crippen molar-refractivity contribution in [3.05, 3.63) is 82.8 Å². The Balaban J connectivity index is 1.45. The summed E-state index contributed by atoms with van der Waals surface area (Å²) in [6.07, 6.45) is 4.39. The van der Waals surface area contributed by atoms with Crippen molar-refractivity contribution in [3.8, 4) is 17.2 Å². The zero-order chi connectivity index (χ0) is 25.6. The normalized spacial score (nSPS) is 10.4. The van der Waals surface area contributed by atoms with E-state index in [2.05, 4.69) is 33.5 Å². The average molecular weight is 572 g/mol. The fourth-order valence-corrected chi connectivity index (χ4v) is 3.89. The number of nitrogens with one attached hydrogen (secondary N) is 2. The summed E-state index contributed by atoms with van der Waals surface area (Å²) in [5.74, 6) is 1.72. The van der Waals surface area contributed by atoms with Crippen LogP contribution in [-0.2, 0) is 0 Å². The highest BCUT2D eigenvalue weighted by atomic mass is 79.9. The summed E-state index contributed by atoms with van der Waals surface area (Å²) in [4.78, 5) is 12.9. The van der Waals surface area contributed by atoms with E-state index in [1.165, 1.54) is 6.42 Å². The predicted octanol–water partition coefficient (Wildman–Crippen LogP) is 6.99. The second-order valence-corrected chi connectivity index (χ2v) is 9.32. The molecule has 0 aliphatic carbocycles. The highest BCUT2D eigenvalue weighted by Crippen LogP contribution is 2.24. The second-order valence-electron chi connectivity index (χ2n) is 7.99. The van der Waals surface area contributed by atoms with Crippen LogP contribution in [0.3, 0.4) is 0 Å². The van der Waals surface area contributed by atoms with E-state index in [9.17, 15) is 4.79 Å². The van der Waals surface area contributed by atoms with Gasteiger partial charge in [-0.2, -0.15) is 0 Å². The van der Waals surface area contributed by atoms with Crippen molar-refractivity contribution in [2.24, 2.45) is 0 Å². The number of rotatable bonds is 13. The second kappa shape index (κ2) is 15.1. The van der Waals surface area contributed by atoms with E-state index in [0.29, 0.717) is 36.9 Å². The first-order valence-electron chi connectivity index (χ1n) is 12.0. The van der Waals surface area contributed by atoms with Gasteiger partial charge in [0, 0.05) is 10.2 Å². The highest BCUT2D eigenvalue weighted by molar-refractivity contribution is 9.10. The maximum Gasteiger partial charge on any atom is 0.261 e. The fourth-order valence-electron chi connectivity index (χ4n) is 3.32. The molecular weight excluding hydrogens is 540 g/mol. The Bertz CT molecular complexity index is 1110. The van der Waals surface area contributed by atoms with Gasteiger partial charge in [-0.25, -0.2) is 0 Å². The van der Waals surface area contributed by atoms with Crippen molar-refractivity contribution in [3.63, 3.8) is 0 Å². The van der Waals surface area contributed by atoms with Gasteiger partial charge in [-0.1, -0.05) is 60.3 Å². The summed E-state index contributed by atoms with van der Waals surface area (Å²) in [6.45, 7) is 3.60. The molecule has 0 spiro atoms. The van der Waals surface area contributed by atoms with Gasteiger partial charge in [-0.15, -0.1) is 0 Å². The van der Waals surface area contributed by atoms with Crippen LogP contribution in [0.2, 0.25) is 0 Å². The number of hydrogen-bond donors (Lipinski definition) is 2. The smallest absolute Gasteiger partial charge is 0.261 e. The van der Waals surface area contributed by atoms with Crippen molar-refractivity contribution in [2.75, 3.05) is 25.1 Å². The molecule has 3 aromatic rings. The number of halogens is 1. The van der Waals surface area contributed by atoms with Crippen LogP contribution in [0.4, 0.5) is 5.69 Å². The number of carbonyl (C=O) groups excluding carboxylic acids is 1. The van der Waals surface area contributed by atoms with Crippen molar-refractivity contribution < 1.29 is 19.0 Å². The number of unbranched alkanes of at least 4 members (excludes halogenated alkanes) is 3. The molecule has 0 fully saturated rings. The number of amides is 1. The summed E-state index contributed by atoms with van der Waals surface area (Å²) in [5, 5.41) is 5.95. The van der Waals surface area contributed by atoms with Crippen LogP contribution in [0.15, 0.2) is 77.3 Å². The monoisotopic (exact) mass is 570 g/mol. The lowest BCUT2D eigenvalue weighted by Gasteiger charge is -2.14. The molecule has 2 N–H and O–H groups in total. The van der Waals surface area contributed by atoms with E-state index in [0.717, 1.165) is 35.2 Å². The maximum absolute atomic E-state index is 12.9. The molecule has 0 saturated heterocycles. The molecular formula is C28H31BrN2O4S. The molecule has 0 radical (unpaired) electrons.